The van der Waals surface area contributed by atoms with Crippen LogP contribution >= 0.6 is 0 Å². The van der Waals surface area contributed by atoms with E-state index in [2.05, 4.69) is 48.6 Å². The minimum Gasteiger partial charge on any atom is -0.342 e. The Morgan fingerprint density at radius 1 is 1.18 bits per heavy atom. The number of urea groups is 1. The maximum atomic E-state index is 12.8. The zero-order valence-electron chi connectivity index (χ0n) is 19.5. The first-order valence-electron chi connectivity index (χ1n) is 11.8. The molecule has 7 nitrogen and oxygen atoms in total. The summed E-state index contributed by atoms with van der Waals surface area (Å²) in [6.45, 7) is 5.93. The van der Waals surface area contributed by atoms with E-state index in [9.17, 15) is 14.4 Å². The number of pyridine rings is 1. The maximum Gasteiger partial charge on any atom is 0.324 e. The van der Waals surface area contributed by atoms with E-state index in [1.165, 1.54) is 21.6 Å². The zero-order valence-corrected chi connectivity index (χ0v) is 19.5. The molecule has 4 rings (SSSR count). The van der Waals surface area contributed by atoms with E-state index in [0.717, 1.165) is 37.2 Å². The smallest absolute Gasteiger partial charge is 0.324 e. The van der Waals surface area contributed by atoms with E-state index >= 15 is 0 Å². The Morgan fingerprint density at radius 3 is 2.76 bits per heavy atom. The van der Waals surface area contributed by atoms with Crippen LogP contribution in [-0.2, 0) is 16.0 Å². The molecule has 0 bridgehead atoms. The fourth-order valence-electron chi connectivity index (χ4n) is 4.78. The molecule has 1 aromatic carbocycles. The number of imide groups is 1. The van der Waals surface area contributed by atoms with Gasteiger partial charge in [0.15, 0.2) is 0 Å². The van der Waals surface area contributed by atoms with Crippen LogP contribution in [0, 0.1) is 13.8 Å². The number of amides is 4. The van der Waals surface area contributed by atoms with Crippen LogP contribution in [-0.4, -0.2) is 58.8 Å². The third kappa shape index (κ3) is 5.59. The van der Waals surface area contributed by atoms with Gasteiger partial charge >= 0.3 is 6.03 Å². The molecule has 0 spiro atoms. The Bertz CT molecular complexity index is 1040. The van der Waals surface area contributed by atoms with Crippen LogP contribution in [0.25, 0.3) is 0 Å². The van der Waals surface area contributed by atoms with Crippen molar-refractivity contribution in [2.75, 3.05) is 26.2 Å². The second-order valence-electron chi connectivity index (χ2n) is 9.13. The summed E-state index contributed by atoms with van der Waals surface area (Å²) < 4.78 is 0. The molecular weight excluding hydrogens is 416 g/mol. The molecule has 2 fully saturated rings. The van der Waals surface area contributed by atoms with Gasteiger partial charge in [-0.2, -0.15) is 0 Å². The van der Waals surface area contributed by atoms with E-state index in [1.807, 2.05) is 11.8 Å². The highest BCUT2D eigenvalue weighted by atomic mass is 16.2. The number of likely N-dealkylation sites (tertiary alicyclic amines) is 1. The van der Waals surface area contributed by atoms with Gasteiger partial charge in [-0.15, -0.1) is 0 Å². The average Bonchev–Trinajstić information content (AvgIpc) is 3.12. The maximum absolute atomic E-state index is 12.8. The Labute approximate surface area is 195 Å². The van der Waals surface area contributed by atoms with Crippen molar-refractivity contribution in [3.63, 3.8) is 0 Å². The van der Waals surface area contributed by atoms with Crippen molar-refractivity contribution in [1.82, 2.24) is 20.1 Å². The lowest BCUT2D eigenvalue weighted by atomic mass is 9.91. The van der Waals surface area contributed by atoms with Gasteiger partial charge in [0.25, 0.3) is 0 Å². The highest BCUT2D eigenvalue weighted by Gasteiger charge is 2.29. The molecule has 2 aromatic rings. The lowest BCUT2D eigenvalue weighted by Crippen LogP contribution is -2.40. The molecular formula is C26H32N4O3. The summed E-state index contributed by atoms with van der Waals surface area (Å²) in [5, 5.41) is 2.51. The summed E-state index contributed by atoms with van der Waals surface area (Å²) in [6.07, 6.45) is 3.67. The van der Waals surface area contributed by atoms with E-state index in [0.29, 0.717) is 19.4 Å². The molecule has 2 aliphatic rings. The molecule has 0 saturated carbocycles. The first-order chi connectivity index (χ1) is 15.9. The van der Waals surface area contributed by atoms with E-state index in [-0.39, 0.29) is 36.9 Å². The van der Waals surface area contributed by atoms with Crippen molar-refractivity contribution in [1.29, 1.82) is 0 Å². The Hall–Kier alpha value is -3.22. The van der Waals surface area contributed by atoms with Crippen molar-refractivity contribution >= 4 is 17.8 Å². The van der Waals surface area contributed by atoms with Crippen molar-refractivity contribution < 1.29 is 14.4 Å². The van der Waals surface area contributed by atoms with Crippen LogP contribution in [0.2, 0.25) is 0 Å². The molecule has 0 unspecified atom stereocenters. The molecule has 7 heteroatoms. The summed E-state index contributed by atoms with van der Waals surface area (Å²) in [5.74, 6) is 0.0845. The Balaban J connectivity index is 1.37. The minimum absolute atomic E-state index is 0.0515. The van der Waals surface area contributed by atoms with Gasteiger partial charge in [-0.3, -0.25) is 19.5 Å². The highest BCUT2D eigenvalue weighted by molar-refractivity contribution is 6.01. The number of aromatic nitrogens is 1. The van der Waals surface area contributed by atoms with Gasteiger partial charge in [0.05, 0.1) is 6.54 Å². The predicted octanol–water partition coefficient (Wildman–Crippen LogP) is 3.33. The summed E-state index contributed by atoms with van der Waals surface area (Å²) in [5.41, 5.74) is 5.93. The molecule has 4 amide bonds. The molecule has 2 saturated heterocycles. The molecule has 1 N–H and O–H groups in total. The monoisotopic (exact) mass is 448 g/mol. The largest absolute Gasteiger partial charge is 0.342 e. The number of nitrogens with zero attached hydrogens (tertiary/aromatic N) is 3. The SMILES string of the molecule is Cc1cc(Cc2ccccc2C)cc([C@H]2CCCN(C(=O)CCCN3C(=O)CNC3=O)C2)n1. The topological polar surface area (TPSA) is 82.6 Å². The molecule has 2 aliphatic heterocycles. The number of carbonyl (C=O) groups is 3. The molecule has 174 valence electrons. The number of piperidine rings is 1. The van der Waals surface area contributed by atoms with Gasteiger partial charge in [-0.25, -0.2) is 4.79 Å². The van der Waals surface area contributed by atoms with Gasteiger partial charge in [0.2, 0.25) is 11.8 Å². The second kappa shape index (κ2) is 10.1. The molecule has 3 heterocycles. The van der Waals surface area contributed by atoms with Crippen LogP contribution in [0.4, 0.5) is 4.79 Å². The summed E-state index contributed by atoms with van der Waals surface area (Å²) in [4.78, 5) is 44.1. The second-order valence-corrected chi connectivity index (χ2v) is 9.13. The third-order valence-corrected chi connectivity index (χ3v) is 6.59. The fraction of sp³-hybridized carbons (Fsp3) is 0.462. The van der Waals surface area contributed by atoms with Gasteiger partial charge in [-0.05, 0) is 68.4 Å². The lowest BCUT2D eigenvalue weighted by Gasteiger charge is -2.33. The van der Waals surface area contributed by atoms with Crippen molar-refractivity contribution in [3.05, 3.63) is 64.5 Å². The van der Waals surface area contributed by atoms with Crippen LogP contribution < -0.4 is 5.32 Å². The zero-order chi connectivity index (χ0) is 23.4. The molecule has 1 aromatic heterocycles. The average molecular weight is 449 g/mol. The van der Waals surface area contributed by atoms with Crippen molar-refractivity contribution in [3.8, 4) is 0 Å². The normalized spacial score (nSPS) is 18.5. The third-order valence-electron chi connectivity index (χ3n) is 6.59. The molecule has 0 radical (unpaired) electrons. The fourth-order valence-corrected chi connectivity index (χ4v) is 4.78. The first-order valence-corrected chi connectivity index (χ1v) is 11.8. The minimum atomic E-state index is -0.363. The Kier molecular flexibility index (Phi) is 7.06. The number of aryl methyl sites for hydroxylation is 2. The van der Waals surface area contributed by atoms with Crippen LogP contribution in [0.3, 0.4) is 0 Å². The van der Waals surface area contributed by atoms with Crippen LogP contribution in [0.5, 0.6) is 0 Å². The van der Waals surface area contributed by atoms with Crippen LogP contribution in [0.1, 0.15) is 59.7 Å². The first kappa shape index (κ1) is 23.0. The number of hydrogen-bond acceptors (Lipinski definition) is 4. The summed E-state index contributed by atoms with van der Waals surface area (Å²) in [6, 6.07) is 12.4. The van der Waals surface area contributed by atoms with Gasteiger partial charge in [0, 0.05) is 43.4 Å². The standard InChI is InChI=1S/C26H32N4O3/c1-18-7-3-4-8-21(18)14-20-13-19(2)28-23(15-20)22-9-5-11-29(17-22)24(31)10-6-12-30-25(32)16-27-26(30)33/h3-4,7-8,13,15,22H,5-6,9-12,14,16-17H2,1-2H3,(H,27,33)/t22-/m0/s1. The Morgan fingerprint density at radius 2 is 2.00 bits per heavy atom. The molecule has 33 heavy (non-hydrogen) atoms. The highest BCUT2D eigenvalue weighted by Crippen LogP contribution is 2.28. The lowest BCUT2D eigenvalue weighted by molar-refractivity contribution is -0.133. The van der Waals surface area contributed by atoms with E-state index in [4.69, 9.17) is 4.98 Å². The van der Waals surface area contributed by atoms with Gasteiger partial charge in [0.1, 0.15) is 0 Å². The van der Waals surface area contributed by atoms with E-state index < -0.39 is 0 Å². The van der Waals surface area contributed by atoms with E-state index in [1.54, 1.807) is 0 Å². The van der Waals surface area contributed by atoms with Crippen molar-refractivity contribution in [2.24, 2.45) is 0 Å². The summed E-state index contributed by atoms with van der Waals surface area (Å²) >= 11 is 0. The molecule has 1 atom stereocenters. The van der Waals surface area contributed by atoms with Gasteiger partial charge in [-0.1, -0.05) is 24.3 Å². The van der Waals surface area contributed by atoms with Crippen LogP contribution in [0.15, 0.2) is 36.4 Å². The van der Waals surface area contributed by atoms with Crippen molar-refractivity contribution in [2.45, 2.75) is 51.9 Å². The number of hydrogen-bond donors (Lipinski definition) is 1. The summed E-state index contributed by atoms with van der Waals surface area (Å²) in [7, 11) is 0. The van der Waals surface area contributed by atoms with Gasteiger partial charge < -0.3 is 10.2 Å². The quantitative estimate of drug-likeness (QED) is 0.659. The molecule has 0 aliphatic carbocycles. The number of rotatable bonds is 7. The predicted molar refractivity (Wildman–Crippen MR) is 126 cm³/mol. The number of benzene rings is 1. The number of carbonyl (C=O) groups excluding carboxylic acids is 3. The number of nitrogens with one attached hydrogen (secondary N) is 1.